The van der Waals surface area contributed by atoms with Crippen molar-refractivity contribution in [1.82, 2.24) is 0 Å². The van der Waals surface area contributed by atoms with Crippen LogP contribution in [0.15, 0.2) is 24.3 Å². The molecule has 0 spiro atoms. The molecular weight excluding hydrogens is 352 g/mol. The minimum absolute atomic E-state index is 0.160. The molecule has 7 nitrogen and oxygen atoms in total. The minimum atomic E-state index is -0.957. The van der Waals surface area contributed by atoms with E-state index < -0.39 is 6.29 Å². The smallest absolute Gasteiger partial charge is 0.231 e. The van der Waals surface area contributed by atoms with Gasteiger partial charge in [0.1, 0.15) is 5.75 Å². The number of benzene rings is 2. The molecule has 0 radical (unpaired) electrons. The van der Waals surface area contributed by atoms with Crippen molar-refractivity contribution in [2.24, 2.45) is 5.92 Å². The number of hydrogen-bond donors (Lipinski definition) is 1. The third-order valence-corrected chi connectivity index (χ3v) is 5.11. The molecule has 2 aromatic rings. The van der Waals surface area contributed by atoms with Crippen LogP contribution in [-0.4, -0.2) is 39.5 Å². The summed E-state index contributed by atoms with van der Waals surface area (Å²) in [5, 5.41) is 10.5. The summed E-state index contributed by atoms with van der Waals surface area (Å²) in [4.78, 5) is 0. The highest BCUT2D eigenvalue weighted by atomic mass is 16.7. The monoisotopic (exact) mass is 374 g/mol. The maximum atomic E-state index is 10.5. The zero-order valence-corrected chi connectivity index (χ0v) is 15.6. The van der Waals surface area contributed by atoms with Crippen molar-refractivity contribution in [3.8, 4) is 34.5 Å². The number of rotatable bonds is 4. The predicted octanol–water partition coefficient (Wildman–Crippen LogP) is 2.92. The van der Waals surface area contributed by atoms with Gasteiger partial charge < -0.3 is 33.5 Å². The molecule has 3 atom stereocenters. The first-order valence-electron chi connectivity index (χ1n) is 8.65. The van der Waals surface area contributed by atoms with Gasteiger partial charge in [-0.1, -0.05) is 6.92 Å². The first kappa shape index (κ1) is 17.6. The summed E-state index contributed by atoms with van der Waals surface area (Å²) in [6.07, 6.45) is -0.957. The molecule has 144 valence electrons. The summed E-state index contributed by atoms with van der Waals surface area (Å²) >= 11 is 0. The van der Waals surface area contributed by atoms with E-state index in [1.807, 2.05) is 25.1 Å². The van der Waals surface area contributed by atoms with E-state index in [4.69, 9.17) is 28.4 Å². The number of aliphatic hydroxyl groups is 1. The van der Waals surface area contributed by atoms with E-state index >= 15 is 0 Å². The van der Waals surface area contributed by atoms with Gasteiger partial charge >= 0.3 is 0 Å². The van der Waals surface area contributed by atoms with E-state index in [-0.39, 0.29) is 18.6 Å². The van der Waals surface area contributed by atoms with Crippen LogP contribution < -0.4 is 28.4 Å². The summed E-state index contributed by atoms with van der Waals surface area (Å²) in [5.41, 5.74) is 1.82. The Balaban J connectivity index is 1.88. The Labute approximate surface area is 157 Å². The molecule has 0 bridgehead atoms. The van der Waals surface area contributed by atoms with Crippen LogP contribution in [0.4, 0.5) is 0 Å². The molecule has 0 aromatic heterocycles. The highest BCUT2D eigenvalue weighted by molar-refractivity contribution is 5.59. The van der Waals surface area contributed by atoms with Crippen molar-refractivity contribution in [2.75, 3.05) is 28.1 Å². The van der Waals surface area contributed by atoms with E-state index in [0.29, 0.717) is 34.5 Å². The Morgan fingerprint density at radius 1 is 0.889 bits per heavy atom. The molecule has 0 unspecified atom stereocenters. The number of hydrogen-bond acceptors (Lipinski definition) is 7. The quantitative estimate of drug-likeness (QED) is 0.882. The van der Waals surface area contributed by atoms with Gasteiger partial charge in [0.15, 0.2) is 23.0 Å². The van der Waals surface area contributed by atoms with Crippen molar-refractivity contribution in [3.05, 3.63) is 35.4 Å². The summed E-state index contributed by atoms with van der Waals surface area (Å²) in [6, 6.07) is 7.47. The fourth-order valence-electron chi connectivity index (χ4n) is 3.73. The van der Waals surface area contributed by atoms with Crippen molar-refractivity contribution >= 4 is 0 Å². The molecule has 0 amide bonds. The van der Waals surface area contributed by atoms with E-state index in [1.54, 1.807) is 27.4 Å². The van der Waals surface area contributed by atoms with Gasteiger partial charge in [0.2, 0.25) is 18.8 Å². The molecule has 2 aliphatic rings. The summed E-state index contributed by atoms with van der Waals surface area (Å²) in [5.74, 6) is 3.12. The first-order chi connectivity index (χ1) is 13.1. The zero-order valence-electron chi connectivity index (χ0n) is 15.6. The van der Waals surface area contributed by atoms with Crippen LogP contribution in [0.3, 0.4) is 0 Å². The van der Waals surface area contributed by atoms with Gasteiger partial charge in [-0.2, -0.15) is 0 Å². The van der Waals surface area contributed by atoms with Gasteiger partial charge in [0.25, 0.3) is 0 Å². The maximum absolute atomic E-state index is 10.5. The SMILES string of the molecule is COc1cc([C@H]2c3cc4c(cc3O[C@H](O)[C@@H]2C)OCO4)cc(OC)c1OC. The number of fused-ring (bicyclic) bond motifs is 2. The van der Waals surface area contributed by atoms with E-state index in [1.165, 1.54) is 0 Å². The standard InChI is InChI=1S/C20H22O7/c1-10-18(11-5-16(22-2)19(24-4)17(6-11)23-3)12-7-14-15(26-9-25-14)8-13(12)27-20(10)21/h5-8,10,18,20-21H,9H2,1-4H3/t10-,18+,20+/m1/s1. The fourth-order valence-corrected chi connectivity index (χ4v) is 3.73. The average molecular weight is 374 g/mol. The summed E-state index contributed by atoms with van der Waals surface area (Å²) < 4.78 is 33.1. The first-order valence-corrected chi connectivity index (χ1v) is 8.65. The fraction of sp³-hybridized carbons (Fsp3) is 0.400. The van der Waals surface area contributed by atoms with Crippen LogP contribution in [0.25, 0.3) is 0 Å². The lowest BCUT2D eigenvalue weighted by Crippen LogP contribution is -2.34. The summed E-state index contributed by atoms with van der Waals surface area (Å²) in [6.45, 7) is 2.11. The van der Waals surface area contributed by atoms with E-state index in [9.17, 15) is 5.11 Å². The molecule has 2 aromatic carbocycles. The molecule has 27 heavy (non-hydrogen) atoms. The molecule has 0 aliphatic carbocycles. The lowest BCUT2D eigenvalue weighted by molar-refractivity contribution is -0.0729. The highest BCUT2D eigenvalue weighted by Gasteiger charge is 2.38. The van der Waals surface area contributed by atoms with Crippen molar-refractivity contribution in [3.63, 3.8) is 0 Å². The molecule has 2 heterocycles. The average Bonchev–Trinajstić information content (AvgIpc) is 3.13. The maximum Gasteiger partial charge on any atom is 0.231 e. The number of ether oxygens (including phenoxy) is 6. The van der Waals surface area contributed by atoms with Gasteiger partial charge in [-0.15, -0.1) is 0 Å². The molecule has 1 N–H and O–H groups in total. The molecule has 7 heteroatoms. The Morgan fingerprint density at radius 3 is 2.11 bits per heavy atom. The lowest BCUT2D eigenvalue weighted by atomic mass is 9.79. The summed E-state index contributed by atoms with van der Waals surface area (Å²) in [7, 11) is 4.72. The Morgan fingerprint density at radius 2 is 1.52 bits per heavy atom. The Bertz CT molecular complexity index is 839. The van der Waals surface area contributed by atoms with Gasteiger partial charge in [-0.25, -0.2) is 0 Å². The van der Waals surface area contributed by atoms with Gasteiger partial charge in [-0.3, -0.25) is 0 Å². The molecule has 0 saturated carbocycles. The highest BCUT2D eigenvalue weighted by Crippen LogP contribution is 2.51. The van der Waals surface area contributed by atoms with Crippen LogP contribution in [0.1, 0.15) is 24.0 Å². The van der Waals surface area contributed by atoms with Crippen LogP contribution in [-0.2, 0) is 0 Å². The largest absolute Gasteiger partial charge is 0.493 e. The molecular formula is C20H22O7. The number of aliphatic hydroxyl groups excluding tert-OH is 1. The van der Waals surface area contributed by atoms with Crippen LogP contribution in [0.2, 0.25) is 0 Å². The molecule has 4 rings (SSSR count). The van der Waals surface area contributed by atoms with Crippen molar-refractivity contribution in [1.29, 1.82) is 0 Å². The van der Waals surface area contributed by atoms with Crippen LogP contribution in [0, 0.1) is 5.92 Å². The second kappa shape index (κ2) is 6.74. The Hall–Kier alpha value is -2.80. The van der Waals surface area contributed by atoms with Crippen molar-refractivity contribution in [2.45, 2.75) is 19.1 Å². The van der Waals surface area contributed by atoms with Gasteiger partial charge in [0, 0.05) is 23.5 Å². The van der Waals surface area contributed by atoms with Crippen LogP contribution >= 0.6 is 0 Å². The van der Waals surface area contributed by atoms with E-state index in [0.717, 1.165) is 11.1 Å². The normalized spacial score (nSPS) is 22.6. The third kappa shape index (κ3) is 2.78. The van der Waals surface area contributed by atoms with Gasteiger partial charge in [0.05, 0.1) is 21.3 Å². The molecule has 2 aliphatic heterocycles. The lowest BCUT2D eigenvalue weighted by Gasteiger charge is -2.36. The second-order valence-corrected chi connectivity index (χ2v) is 6.55. The predicted molar refractivity (Wildman–Crippen MR) is 96.3 cm³/mol. The number of methoxy groups -OCH3 is 3. The topological polar surface area (TPSA) is 75.6 Å². The molecule has 0 saturated heterocycles. The zero-order chi connectivity index (χ0) is 19.1. The van der Waals surface area contributed by atoms with Crippen LogP contribution in [0.5, 0.6) is 34.5 Å². The second-order valence-electron chi connectivity index (χ2n) is 6.55. The minimum Gasteiger partial charge on any atom is -0.493 e. The van der Waals surface area contributed by atoms with E-state index in [2.05, 4.69) is 0 Å². The Kier molecular flexibility index (Phi) is 4.39. The molecule has 0 fully saturated rings. The third-order valence-electron chi connectivity index (χ3n) is 5.11. The van der Waals surface area contributed by atoms with Gasteiger partial charge in [-0.05, 0) is 23.8 Å². The van der Waals surface area contributed by atoms with Crippen molar-refractivity contribution < 1.29 is 33.5 Å².